The number of amides is 1. The zero-order chi connectivity index (χ0) is 15.0. The van der Waals surface area contributed by atoms with Crippen molar-refractivity contribution >= 4 is 5.91 Å². The largest absolute Gasteiger partial charge is 0.496 e. The zero-order valence-corrected chi connectivity index (χ0v) is 12.2. The summed E-state index contributed by atoms with van der Waals surface area (Å²) in [6.45, 7) is 4.97. The topological polar surface area (TPSA) is 74.2 Å². The molecular formula is C15H21N3O2. The molecule has 2 N–H and O–H groups in total. The molecule has 1 unspecified atom stereocenters. The summed E-state index contributed by atoms with van der Waals surface area (Å²) in [4.78, 5) is 11.7. The molecule has 20 heavy (non-hydrogen) atoms. The molecule has 0 aliphatic carbocycles. The van der Waals surface area contributed by atoms with Crippen molar-refractivity contribution in [2.45, 2.75) is 32.9 Å². The van der Waals surface area contributed by atoms with E-state index in [-0.39, 0.29) is 11.9 Å². The molecule has 0 bridgehead atoms. The van der Waals surface area contributed by atoms with Crippen molar-refractivity contribution in [1.82, 2.24) is 10.6 Å². The molecule has 1 aromatic carbocycles. The molecule has 108 valence electrons. The SMILES string of the molecule is CCCNC(=O)C(C)NCc1cc(C#N)ccc1OC. The van der Waals surface area contributed by atoms with Gasteiger partial charge in [-0.1, -0.05) is 6.92 Å². The quantitative estimate of drug-likeness (QED) is 0.792. The van der Waals surface area contributed by atoms with Crippen LogP contribution in [0.5, 0.6) is 5.75 Å². The fraction of sp³-hybridized carbons (Fsp3) is 0.467. The van der Waals surface area contributed by atoms with Gasteiger partial charge in [0, 0.05) is 18.7 Å². The summed E-state index contributed by atoms with van der Waals surface area (Å²) in [5.74, 6) is 0.680. The van der Waals surface area contributed by atoms with Gasteiger partial charge in [-0.05, 0) is 31.5 Å². The highest BCUT2D eigenvalue weighted by Gasteiger charge is 2.12. The van der Waals surface area contributed by atoms with Crippen LogP contribution in [0.2, 0.25) is 0 Å². The van der Waals surface area contributed by atoms with Crippen LogP contribution in [-0.4, -0.2) is 25.6 Å². The van der Waals surface area contributed by atoms with E-state index in [1.165, 1.54) is 0 Å². The molecule has 1 rings (SSSR count). The maximum atomic E-state index is 11.7. The first-order valence-corrected chi connectivity index (χ1v) is 6.70. The van der Waals surface area contributed by atoms with Gasteiger partial charge in [-0.25, -0.2) is 0 Å². The predicted octanol–water partition coefficient (Wildman–Crippen LogP) is 1.57. The third kappa shape index (κ3) is 4.56. The molecule has 1 atom stereocenters. The lowest BCUT2D eigenvalue weighted by molar-refractivity contribution is -0.122. The monoisotopic (exact) mass is 275 g/mol. The van der Waals surface area contributed by atoms with E-state index >= 15 is 0 Å². The third-order valence-electron chi connectivity index (χ3n) is 2.95. The number of hydrogen-bond acceptors (Lipinski definition) is 4. The van der Waals surface area contributed by atoms with E-state index in [9.17, 15) is 4.79 Å². The number of nitriles is 1. The van der Waals surface area contributed by atoms with Crippen LogP contribution in [0.4, 0.5) is 0 Å². The summed E-state index contributed by atoms with van der Waals surface area (Å²) in [7, 11) is 1.59. The molecule has 0 aliphatic heterocycles. The second kappa shape index (κ2) is 8.18. The van der Waals surface area contributed by atoms with Crippen LogP contribution in [0.3, 0.4) is 0 Å². The van der Waals surface area contributed by atoms with Crippen LogP contribution in [-0.2, 0) is 11.3 Å². The molecule has 0 aromatic heterocycles. The molecule has 0 aliphatic rings. The van der Waals surface area contributed by atoms with Gasteiger partial charge in [-0.15, -0.1) is 0 Å². The molecule has 1 aromatic rings. The minimum Gasteiger partial charge on any atom is -0.496 e. The Morgan fingerprint density at radius 1 is 1.50 bits per heavy atom. The number of hydrogen-bond donors (Lipinski definition) is 2. The first-order chi connectivity index (χ1) is 9.62. The second-order valence-corrected chi connectivity index (χ2v) is 4.53. The van der Waals surface area contributed by atoms with E-state index in [4.69, 9.17) is 10.00 Å². The molecule has 0 spiro atoms. The fourth-order valence-corrected chi connectivity index (χ4v) is 1.74. The van der Waals surface area contributed by atoms with Gasteiger partial charge in [0.25, 0.3) is 0 Å². The number of nitrogens with one attached hydrogen (secondary N) is 2. The zero-order valence-electron chi connectivity index (χ0n) is 12.2. The lowest BCUT2D eigenvalue weighted by atomic mass is 10.1. The van der Waals surface area contributed by atoms with Gasteiger partial charge in [0.15, 0.2) is 0 Å². The van der Waals surface area contributed by atoms with Crippen molar-refractivity contribution in [3.05, 3.63) is 29.3 Å². The van der Waals surface area contributed by atoms with Gasteiger partial charge in [0.1, 0.15) is 5.75 Å². The highest BCUT2D eigenvalue weighted by molar-refractivity contribution is 5.81. The summed E-state index contributed by atoms with van der Waals surface area (Å²) in [6.07, 6.45) is 0.913. The Balaban J connectivity index is 2.64. The first-order valence-electron chi connectivity index (χ1n) is 6.70. The van der Waals surface area contributed by atoms with Crippen molar-refractivity contribution in [3.8, 4) is 11.8 Å². The predicted molar refractivity (Wildman–Crippen MR) is 77.3 cm³/mol. The Hall–Kier alpha value is -2.06. The summed E-state index contributed by atoms with van der Waals surface area (Å²) >= 11 is 0. The van der Waals surface area contributed by atoms with Gasteiger partial charge in [0.05, 0.1) is 24.8 Å². The van der Waals surface area contributed by atoms with Crippen molar-refractivity contribution in [2.75, 3.05) is 13.7 Å². The maximum Gasteiger partial charge on any atom is 0.236 e. The van der Waals surface area contributed by atoms with Crippen molar-refractivity contribution in [3.63, 3.8) is 0 Å². The summed E-state index contributed by atoms with van der Waals surface area (Å²) in [6, 6.07) is 7.04. The average Bonchev–Trinajstić information content (AvgIpc) is 2.49. The van der Waals surface area contributed by atoms with Crippen LogP contribution >= 0.6 is 0 Å². The van der Waals surface area contributed by atoms with Gasteiger partial charge >= 0.3 is 0 Å². The van der Waals surface area contributed by atoms with E-state index in [0.29, 0.717) is 24.4 Å². The first kappa shape index (κ1) is 16.0. The molecule has 1 amide bonds. The number of carbonyl (C=O) groups is 1. The van der Waals surface area contributed by atoms with Gasteiger partial charge in [-0.2, -0.15) is 5.26 Å². The van der Waals surface area contributed by atoms with E-state index in [0.717, 1.165) is 12.0 Å². The number of benzene rings is 1. The van der Waals surface area contributed by atoms with Gasteiger partial charge in [-0.3, -0.25) is 4.79 Å². The Labute approximate surface area is 119 Å². The maximum absolute atomic E-state index is 11.7. The summed E-state index contributed by atoms with van der Waals surface area (Å²) in [5.41, 5.74) is 1.44. The third-order valence-corrected chi connectivity index (χ3v) is 2.95. The number of rotatable bonds is 7. The van der Waals surface area contributed by atoms with E-state index in [1.807, 2.05) is 13.8 Å². The molecule has 0 fully saturated rings. The van der Waals surface area contributed by atoms with Crippen molar-refractivity contribution < 1.29 is 9.53 Å². The minimum absolute atomic E-state index is 0.0257. The highest BCUT2D eigenvalue weighted by Crippen LogP contribution is 2.19. The Bertz CT molecular complexity index is 494. The van der Waals surface area contributed by atoms with Crippen LogP contribution in [0, 0.1) is 11.3 Å². The van der Waals surface area contributed by atoms with Crippen LogP contribution < -0.4 is 15.4 Å². The van der Waals surface area contributed by atoms with Crippen LogP contribution in [0.1, 0.15) is 31.4 Å². The number of methoxy groups -OCH3 is 1. The Morgan fingerprint density at radius 2 is 2.25 bits per heavy atom. The van der Waals surface area contributed by atoms with Gasteiger partial charge < -0.3 is 15.4 Å². The van der Waals surface area contributed by atoms with Crippen molar-refractivity contribution in [2.24, 2.45) is 0 Å². The number of carbonyl (C=O) groups excluding carboxylic acids is 1. The highest BCUT2D eigenvalue weighted by atomic mass is 16.5. The van der Waals surface area contributed by atoms with Crippen LogP contribution in [0.15, 0.2) is 18.2 Å². The molecule has 0 saturated heterocycles. The minimum atomic E-state index is -0.294. The molecular weight excluding hydrogens is 254 g/mol. The summed E-state index contributed by atoms with van der Waals surface area (Å²) < 4.78 is 5.25. The van der Waals surface area contributed by atoms with Crippen molar-refractivity contribution in [1.29, 1.82) is 5.26 Å². The lowest BCUT2D eigenvalue weighted by Crippen LogP contribution is -2.42. The van der Waals surface area contributed by atoms with E-state index < -0.39 is 0 Å². The number of nitrogens with zero attached hydrogens (tertiary/aromatic N) is 1. The van der Waals surface area contributed by atoms with Crippen LogP contribution in [0.25, 0.3) is 0 Å². The van der Waals surface area contributed by atoms with E-state index in [2.05, 4.69) is 16.7 Å². The van der Waals surface area contributed by atoms with E-state index in [1.54, 1.807) is 25.3 Å². The Kier molecular flexibility index (Phi) is 6.54. The smallest absolute Gasteiger partial charge is 0.236 e. The van der Waals surface area contributed by atoms with Gasteiger partial charge in [0.2, 0.25) is 5.91 Å². The normalized spacial score (nSPS) is 11.5. The number of ether oxygens (including phenoxy) is 1. The molecule has 5 heteroatoms. The molecule has 0 saturated carbocycles. The molecule has 0 radical (unpaired) electrons. The Morgan fingerprint density at radius 3 is 2.85 bits per heavy atom. The lowest BCUT2D eigenvalue weighted by Gasteiger charge is -2.15. The summed E-state index contributed by atoms with van der Waals surface area (Å²) in [5, 5.41) is 14.9. The second-order valence-electron chi connectivity index (χ2n) is 4.53. The molecule has 0 heterocycles. The molecule has 5 nitrogen and oxygen atoms in total. The standard InChI is InChI=1S/C15H21N3O2/c1-4-7-17-15(19)11(2)18-10-13-8-12(9-16)5-6-14(13)20-3/h5-6,8,11,18H,4,7,10H2,1-3H3,(H,17,19). The average molecular weight is 275 g/mol. The fourth-order valence-electron chi connectivity index (χ4n) is 1.74.